The van der Waals surface area contributed by atoms with Gasteiger partial charge < -0.3 is 4.90 Å². The molecule has 0 radical (unpaired) electrons. The first-order valence-electron chi connectivity index (χ1n) is 9.04. The molecule has 0 spiro atoms. The predicted molar refractivity (Wildman–Crippen MR) is 97.6 cm³/mol. The highest BCUT2D eigenvalue weighted by Crippen LogP contribution is 2.43. The summed E-state index contributed by atoms with van der Waals surface area (Å²) in [4.78, 5) is 15.1. The van der Waals surface area contributed by atoms with Crippen LogP contribution in [-0.4, -0.2) is 27.1 Å². The molecule has 5 rings (SSSR count). The fourth-order valence-electron chi connectivity index (χ4n) is 4.17. The average molecular weight is 331 g/mol. The molecule has 2 heterocycles. The number of hydrogen-bond acceptors (Lipinski definition) is 2. The maximum Gasteiger partial charge on any atom is 0.254 e. The zero-order chi connectivity index (χ0) is 17.0. The first-order chi connectivity index (χ1) is 12.2. The molecule has 0 atom stereocenters. The molecule has 0 N–H and O–H groups in total. The van der Waals surface area contributed by atoms with Crippen LogP contribution in [0.25, 0.3) is 10.8 Å². The molecule has 1 aliphatic heterocycles. The zero-order valence-corrected chi connectivity index (χ0v) is 14.4. The second-order valence-electron chi connectivity index (χ2n) is 7.21. The Bertz CT molecular complexity index is 979. The summed E-state index contributed by atoms with van der Waals surface area (Å²) in [6, 6.07) is 14.1. The quantitative estimate of drug-likeness (QED) is 0.719. The van der Waals surface area contributed by atoms with Crippen LogP contribution >= 0.6 is 0 Å². The van der Waals surface area contributed by atoms with Gasteiger partial charge in [-0.1, -0.05) is 36.4 Å². The minimum absolute atomic E-state index is 0.112. The minimum atomic E-state index is 0.112. The number of aromatic nitrogens is 2. The van der Waals surface area contributed by atoms with Crippen LogP contribution < -0.4 is 0 Å². The Hall–Kier alpha value is -2.62. The number of hydrogen-bond donors (Lipinski definition) is 0. The third-order valence-electron chi connectivity index (χ3n) is 5.52. The van der Waals surface area contributed by atoms with Gasteiger partial charge in [-0.3, -0.25) is 9.48 Å². The maximum absolute atomic E-state index is 13.2. The van der Waals surface area contributed by atoms with Gasteiger partial charge in [0, 0.05) is 36.3 Å². The normalized spacial score (nSPS) is 16.9. The molecule has 3 aromatic rings. The highest BCUT2D eigenvalue weighted by atomic mass is 16.2. The number of benzene rings is 2. The molecule has 25 heavy (non-hydrogen) atoms. The Balaban J connectivity index is 1.48. The monoisotopic (exact) mass is 331 g/mol. The van der Waals surface area contributed by atoms with Crippen molar-refractivity contribution in [3.8, 4) is 0 Å². The molecule has 0 saturated heterocycles. The van der Waals surface area contributed by atoms with Crippen molar-refractivity contribution in [2.24, 2.45) is 7.05 Å². The Kier molecular flexibility index (Phi) is 3.20. The van der Waals surface area contributed by atoms with Crippen LogP contribution in [0.2, 0.25) is 0 Å². The summed E-state index contributed by atoms with van der Waals surface area (Å²) in [6.45, 7) is 1.40. The van der Waals surface area contributed by atoms with E-state index in [1.807, 2.05) is 47.0 Å². The molecule has 1 aliphatic carbocycles. The molecule has 0 bridgehead atoms. The second kappa shape index (κ2) is 5.45. The van der Waals surface area contributed by atoms with Gasteiger partial charge in [-0.05, 0) is 36.1 Å². The van der Waals surface area contributed by atoms with Crippen LogP contribution in [0, 0.1) is 0 Å². The molecule has 2 aromatic carbocycles. The van der Waals surface area contributed by atoms with E-state index in [4.69, 9.17) is 5.10 Å². The predicted octanol–water partition coefficient (Wildman–Crippen LogP) is 3.65. The molecule has 1 fully saturated rings. The van der Waals surface area contributed by atoms with Gasteiger partial charge in [0.1, 0.15) is 0 Å². The summed E-state index contributed by atoms with van der Waals surface area (Å²) < 4.78 is 2.05. The number of amides is 1. The highest BCUT2D eigenvalue weighted by molar-refractivity contribution is 6.07. The van der Waals surface area contributed by atoms with Gasteiger partial charge in [0.25, 0.3) is 5.91 Å². The first kappa shape index (κ1) is 14.7. The lowest BCUT2D eigenvalue weighted by Crippen LogP contribution is -2.36. The Labute approximate surface area is 147 Å². The number of carbonyl (C=O) groups is 1. The van der Waals surface area contributed by atoms with Gasteiger partial charge in [-0.2, -0.15) is 5.10 Å². The van der Waals surface area contributed by atoms with Crippen LogP contribution in [-0.2, 0) is 20.0 Å². The average Bonchev–Trinajstić information content (AvgIpc) is 3.42. The van der Waals surface area contributed by atoms with Crippen molar-refractivity contribution < 1.29 is 4.79 Å². The third kappa shape index (κ3) is 2.36. The van der Waals surface area contributed by atoms with Crippen molar-refractivity contribution in [2.45, 2.75) is 31.7 Å². The summed E-state index contributed by atoms with van der Waals surface area (Å²) in [5, 5.41) is 6.86. The van der Waals surface area contributed by atoms with Gasteiger partial charge in [0.2, 0.25) is 0 Å². The van der Waals surface area contributed by atoms with Gasteiger partial charge in [-0.25, -0.2) is 0 Å². The lowest BCUT2D eigenvalue weighted by Gasteiger charge is -2.27. The van der Waals surface area contributed by atoms with E-state index in [1.54, 1.807) is 0 Å². The topological polar surface area (TPSA) is 38.1 Å². The molecule has 4 heteroatoms. The van der Waals surface area contributed by atoms with Crippen molar-refractivity contribution in [3.63, 3.8) is 0 Å². The van der Waals surface area contributed by atoms with E-state index in [0.29, 0.717) is 12.5 Å². The summed E-state index contributed by atoms with van der Waals surface area (Å²) >= 11 is 0. The van der Waals surface area contributed by atoms with Crippen molar-refractivity contribution in [1.29, 1.82) is 0 Å². The Morgan fingerprint density at radius 2 is 1.92 bits per heavy atom. The maximum atomic E-state index is 13.2. The van der Waals surface area contributed by atoms with Crippen molar-refractivity contribution in [1.82, 2.24) is 14.7 Å². The SMILES string of the molecule is Cn1nc2c(c1C1CC1)CCN(C(=O)c1cccc3ccccc13)C2. The lowest BCUT2D eigenvalue weighted by molar-refractivity contribution is 0.0734. The molecule has 2 aliphatic rings. The van der Waals surface area contributed by atoms with Gasteiger partial charge in [-0.15, -0.1) is 0 Å². The molecule has 0 unspecified atom stereocenters. The van der Waals surface area contributed by atoms with Crippen LogP contribution in [0.5, 0.6) is 0 Å². The molecule has 1 amide bonds. The molecule has 1 saturated carbocycles. The fourth-order valence-corrected chi connectivity index (χ4v) is 4.17. The van der Waals surface area contributed by atoms with Gasteiger partial charge >= 0.3 is 0 Å². The fraction of sp³-hybridized carbons (Fsp3) is 0.333. The molecule has 4 nitrogen and oxygen atoms in total. The number of nitrogens with zero attached hydrogens (tertiary/aromatic N) is 3. The van der Waals surface area contributed by atoms with E-state index in [0.717, 1.165) is 35.0 Å². The van der Waals surface area contributed by atoms with Crippen molar-refractivity contribution >= 4 is 16.7 Å². The largest absolute Gasteiger partial charge is 0.332 e. The summed E-state index contributed by atoms with van der Waals surface area (Å²) in [5.41, 5.74) is 4.68. The second-order valence-corrected chi connectivity index (χ2v) is 7.21. The molecule has 126 valence electrons. The van der Waals surface area contributed by atoms with Gasteiger partial charge in [0.05, 0.1) is 12.2 Å². The summed E-state index contributed by atoms with van der Waals surface area (Å²) in [5.74, 6) is 0.808. The van der Waals surface area contributed by atoms with Crippen molar-refractivity contribution in [2.75, 3.05) is 6.54 Å². The zero-order valence-electron chi connectivity index (χ0n) is 14.4. The van der Waals surface area contributed by atoms with Crippen LogP contribution in [0.1, 0.15) is 46.1 Å². The Morgan fingerprint density at radius 1 is 1.12 bits per heavy atom. The number of carbonyl (C=O) groups excluding carboxylic acids is 1. The number of rotatable bonds is 2. The minimum Gasteiger partial charge on any atom is -0.332 e. The summed E-state index contributed by atoms with van der Waals surface area (Å²) in [7, 11) is 2.04. The third-order valence-corrected chi connectivity index (χ3v) is 5.52. The number of fused-ring (bicyclic) bond motifs is 2. The van der Waals surface area contributed by atoms with Crippen LogP contribution in [0.3, 0.4) is 0 Å². The van der Waals surface area contributed by atoms with E-state index in [1.165, 1.54) is 24.1 Å². The molecule has 1 aromatic heterocycles. The standard InChI is InChI=1S/C21H21N3O/c1-23-20(15-9-10-15)18-11-12-24(13-19(18)22-23)21(25)17-8-4-6-14-5-2-3-7-16(14)17/h2-8,15H,9-13H2,1H3. The van der Waals surface area contributed by atoms with Gasteiger partial charge in [0.15, 0.2) is 0 Å². The number of aryl methyl sites for hydroxylation is 1. The van der Waals surface area contributed by atoms with Crippen LogP contribution in [0.4, 0.5) is 0 Å². The molecular formula is C21H21N3O. The molecular weight excluding hydrogens is 310 g/mol. The van der Waals surface area contributed by atoms with Crippen LogP contribution in [0.15, 0.2) is 42.5 Å². The summed E-state index contributed by atoms with van der Waals surface area (Å²) in [6.07, 6.45) is 3.49. The van der Waals surface area contributed by atoms with Crippen molar-refractivity contribution in [3.05, 3.63) is 65.0 Å². The van der Waals surface area contributed by atoms with E-state index < -0.39 is 0 Å². The lowest BCUT2D eigenvalue weighted by atomic mass is 9.99. The highest BCUT2D eigenvalue weighted by Gasteiger charge is 2.34. The first-order valence-corrected chi connectivity index (χ1v) is 9.04. The Morgan fingerprint density at radius 3 is 2.76 bits per heavy atom. The van der Waals surface area contributed by atoms with E-state index in [9.17, 15) is 4.79 Å². The van der Waals surface area contributed by atoms with E-state index in [2.05, 4.69) is 12.1 Å². The van der Waals surface area contributed by atoms with E-state index in [-0.39, 0.29) is 5.91 Å². The smallest absolute Gasteiger partial charge is 0.254 e. The van der Waals surface area contributed by atoms with E-state index >= 15 is 0 Å².